The van der Waals surface area contributed by atoms with Gasteiger partial charge in [-0.3, -0.25) is 0 Å². The summed E-state index contributed by atoms with van der Waals surface area (Å²) in [7, 11) is -3.62. The molecule has 0 bridgehead atoms. The predicted molar refractivity (Wildman–Crippen MR) is 81.7 cm³/mol. The van der Waals surface area contributed by atoms with E-state index in [1.807, 2.05) is 0 Å². The molecule has 0 aliphatic heterocycles. The Labute approximate surface area is 127 Å². The second-order valence-electron chi connectivity index (χ2n) is 5.22. The number of aliphatic hydroxyl groups excluding tert-OH is 1. The van der Waals surface area contributed by atoms with E-state index in [2.05, 4.69) is 20.7 Å². The van der Waals surface area contributed by atoms with Crippen molar-refractivity contribution in [2.24, 2.45) is 5.92 Å². The monoisotopic (exact) mass is 362 g/mol. The van der Waals surface area contributed by atoms with E-state index in [4.69, 9.17) is 5.73 Å². The molecule has 0 radical (unpaired) electrons. The first-order valence-corrected chi connectivity index (χ1v) is 8.89. The highest BCUT2D eigenvalue weighted by Gasteiger charge is 2.23. The maximum Gasteiger partial charge on any atom is 0.242 e. The summed E-state index contributed by atoms with van der Waals surface area (Å²) in [5, 5.41) is 9.60. The number of nitrogens with two attached hydrogens (primary N) is 1. The van der Waals surface area contributed by atoms with E-state index < -0.39 is 10.0 Å². The van der Waals surface area contributed by atoms with Crippen LogP contribution in [0.15, 0.2) is 27.6 Å². The van der Waals surface area contributed by atoms with Gasteiger partial charge < -0.3 is 10.8 Å². The summed E-state index contributed by atoms with van der Waals surface area (Å²) in [6, 6.07) is 4.75. The summed E-state index contributed by atoms with van der Waals surface area (Å²) >= 11 is 3.24. The summed E-state index contributed by atoms with van der Waals surface area (Å²) < 4.78 is 27.8. The van der Waals surface area contributed by atoms with Gasteiger partial charge in [0, 0.05) is 11.0 Å². The molecule has 5 nitrogen and oxygen atoms in total. The number of hydrogen-bond donors (Lipinski definition) is 3. The van der Waals surface area contributed by atoms with Gasteiger partial charge in [0.1, 0.15) is 4.90 Å². The minimum Gasteiger partial charge on any atom is -0.398 e. The minimum absolute atomic E-state index is 0.0863. The van der Waals surface area contributed by atoms with E-state index in [0.29, 0.717) is 17.4 Å². The van der Waals surface area contributed by atoms with Crippen molar-refractivity contribution in [3.63, 3.8) is 0 Å². The molecule has 2 atom stereocenters. The van der Waals surface area contributed by atoms with Crippen LogP contribution in [0.2, 0.25) is 0 Å². The van der Waals surface area contributed by atoms with E-state index in [0.717, 1.165) is 19.3 Å². The first-order valence-electron chi connectivity index (χ1n) is 6.61. The van der Waals surface area contributed by atoms with Crippen LogP contribution in [0.5, 0.6) is 0 Å². The Bertz CT molecular complexity index is 577. The molecule has 0 amide bonds. The Morgan fingerprint density at radius 1 is 1.40 bits per heavy atom. The van der Waals surface area contributed by atoms with Crippen molar-refractivity contribution in [2.45, 2.75) is 36.7 Å². The number of anilines is 1. The van der Waals surface area contributed by atoms with Crippen LogP contribution >= 0.6 is 15.9 Å². The molecule has 0 aromatic heterocycles. The molecule has 1 aromatic carbocycles. The number of halogens is 1. The van der Waals surface area contributed by atoms with Gasteiger partial charge in [-0.2, -0.15) is 0 Å². The van der Waals surface area contributed by atoms with Crippen LogP contribution in [0.4, 0.5) is 5.69 Å². The van der Waals surface area contributed by atoms with Gasteiger partial charge in [-0.15, -0.1) is 0 Å². The van der Waals surface area contributed by atoms with Crippen molar-refractivity contribution < 1.29 is 13.5 Å². The van der Waals surface area contributed by atoms with Crippen LogP contribution in [0.1, 0.15) is 25.7 Å². The van der Waals surface area contributed by atoms with Crippen LogP contribution in [-0.4, -0.2) is 26.2 Å². The van der Waals surface area contributed by atoms with Crippen molar-refractivity contribution >= 4 is 31.6 Å². The maximum atomic E-state index is 12.3. The van der Waals surface area contributed by atoms with Crippen LogP contribution in [0.3, 0.4) is 0 Å². The fourth-order valence-corrected chi connectivity index (χ4v) is 4.28. The average molecular weight is 363 g/mol. The average Bonchev–Trinajstić information content (AvgIpc) is 2.39. The third kappa shape index (κ3) is 3.94. The van der Waals surface area contributed by atoms with E-state index in [1.165, 1.54) is 6.07 Å². The van der Waals surface area contributed by atoms with Crippen LogP contribution in [0.25, 0.3) is 0 Å². The van der Waals surface area contributed by atoms with E-state index in [-0.39, 0.29) is 22.6 Å². The normalized spacial score (nSPS) is 23.7. The Kier molecular flexibility index (Phi) is 5.06. The minimum atomic E-state index is -3.62. The molecule has 1 fully saturated rings. The highest BCUT2D eigenvalue weighted by atomic mass is 79.9. The topological polar surface area (TPSA) is 92.4 Å². The summed E-state index contributed by atoms with van der Waals surface area (Å²) in [6.07, 6.45) is 3.02. The van der Waals surface area contributed by atoms with E-state index >= 15 is 0 Å². The Hall–Kier alpha value is -0.630. The molecule has 2 rings (SSSR count). The molecule has 1 aliphatic rings. The van der Waals surface area contributed by atoms with Crippen molar-refractivity contribution in [2.75, 3.05) is 12.3 Å². The van der Waals surface area contributed by atoms with Crippen molar-refractivity contribution in [3.8, 4) is 0 Å². The zero-order valence-electron chi connectivity index (χ0n) is 11.0. The van der Waals surface area contributed by atoms with Crippen molar-refractivity contribution in [1.82, 2.24) is 4.72 Å². The lowest BCUT2D eigenvalue weighted by Crippen LogP contribution is -2.33. The zero-order chi connectivity index (χ0) is 14.8. The quantitative estimate of drug-likeness (QED) is 0.712. The molecule has 1 aliphatic carbocycles. The lowest BCUT2D eigenvalue weighted by molar-refractivity contribution is 0.102. The second kappa shape index (κ2) is 6.43. The van der Waals surface area contributed by atoms with Crippen molar-refractivity contribution in [3.05, 3.63) is 22.7 Å². The molecular weight excluding hydrogens is 344 g/mol. The molecular formula is C13H19BrN2O3S. The number of nitrogen functional groups attached to an aromatic ring is 1. The summed E-state index contributed by atoms with van der Waals surface area (Å²) in [5.74, 6) is 0.182. The smallest absolute Gasteiger partial charge is 0.242 e. The number of nitrogens with one attached hydrogen (secondary N) is 1. The number of aliphatic hydroxyl groups is 1. The maximum absolute atomic E-state index is 12.3. The SMILES string of the molecule is Nc1ccc(Br)cc1S(=O)(=O)NCC1CCCC(O)C1. The van der Waals surface area contributed by atoms with Gasteiger partial charge in [0.05, 0.1) is 11.8 Å². The highest BCUT2D eigenvalue weighted by molar-refractivity contribution is 9.10. The Morgan fingerprint density at radius 2 is 2.15 bits per heavy atom. The number of rotatable bonds is 4. The molecule has 4 N–H and O–H groups in total. The Balaban J connectivity index is 2.05. The molecule has 7 heteroatoms. The first-order chi connectivity index (χ1) is 9.38. The highest BCUT2D eigenvalue weighted by Crippen LogP contribution is 2.26. The van der Waals surface area contributed by atoms with Crippen molar-refractivity contribution in [1.29, 1.82) is 0 Å². The fraction of sp³-hybridized carbons (Fsp3) is 0.538. The first kappa shape index (κ1) is 15.8. The molecule has 20 heavy (non-hydrogen) atoms. The van der Waals surface area contributed by atoms with Crippen LogP contribution in [0, 0.1) is 5.92 Å². The number of sulfonamides is 1. The third-order valence-electron chi connectivity index (χ3n) is 3.58. The summed E-state index contributed by atoms with van der Waals surface area (Å²) in [5.41, 5.74) is 5.95. The van der Waals surface area contributed by atoms with Gasteiger partial charge in [-0.25, -0.2) is 13.1 Å². The van der Waals surface area contributed by atoms with Crippen LogP contribution < -0.4 is 10.5 Å². The molecule has 2 unspecified atom stereocenters. The van der Waals surface area contributed by atoms with E-state index in [1.54, 1.807) is 12.1 Å². The standard InChI is InChI=1S/C13H19BrN2O3S/c14-10-4-5-12(15)13(7-10)20(18,19)16-8-9-2-1-3-11(17)6-9/h4-5,7,9,11,16-17H,1-3,6,8,15H2. The third-order valence-corrected chi connectivity index (χ3v) is 5.55. The van der Waals surface area contributed by atoms with Gasteiger partial charge >= 0.3 is 0 Å². The fourth-order valence-electron chi connectivity index (χ4n) is 2.49. The van der Waals surface area contributed by atoms with Gasteiger partial charge in [0.25, 0.3) is 0 Å². The van der Waals surface area contributed by atoms with Gasteiger partial charge in [-0.1, -0.05) is 22.4 Å². The van der Waals surface area contributed by atoms with Gasteiger partial charge in [0.2, 0.25) is 10.0 Å². The molecule has 0 spiro atoms. The number of benzene rings is 1. The molecule has 0 heterocycles. The molecule has 0 saturated heterocycles. The molecule has 1 aromatic rings. The summed E-state index contributed by atoms with van der Waals surface area (Å²) in [4.78, 5) is 0.0863. The van der Waals surface area contributed by atoms with E-state index in [9.17, 15) is 13.5 Å². The molecule has 112 valence electrons. The molecule has 1 saturated carbocycles. The summed E-state index contributed by atoms with van der Waals surface area (Å²) in [6.45, 7) is 0.339. The van der Waals surface area contributed by atoms with Crippen LogP contribution in [-0.2, 0) is 10.0 Å². The van der Waals surface area contributed by atoms with Gasteiger partial charge in [0.15, 0.2) is 0 Å². The lowest BCUT2D eigenvalue weighted by atomic mass is 9.87. The number of hydrogen-bond acceptors (Lipinski definition) is 4. The predicted octanol–water partition coefficient (Wildman–Crippen LogP) is 1.86. The Morgan fingerprint density at radius 3 is 2.85 bits per heavy atom. The van der Waals surface area contributed by atoms with Gasteiger partial charge in [-0.05, 0) is 43.4 Å². The zero-order valence-corrected chi connectivity index (χ0v) is 13.5. The second-order valence-corrected chi connectivity index (χ2v) is 7.87. The largest absolute Gasteiger partial charge is 0.398 e. The lowest BCUT2D eigenvalue weighted by Gasteiger charge is -2.25.